The molecule has 1 aliphatic rings. The van der Waals surface area contributed by atoms with Gasteiger partial charge in [0.25, 0.3) is 0 Å². The van der Waals surface area contributed by atoms with Gasteiger partial charge in [-0.1, -0.05) is 0 Å². The van der Waals surface area contributed by atoms with E-state index in [-0.39, 0.29) is 34.0 Å². The van der Waals surface area contributed by atoms with E-state index < -0.39 is 42.1 Å². The topological polar surface area (TPSA) is 179 Å². The molecule has 2 heterocycles. The summed E-state index contributed by atoms with van der Waals surface area (Å²) in [6, 6.07) is 8.01. The van der Waals surface area contributed by atoms with E-state index in [2.05, 4.69) is 0 Å². The van der Waals surface area contributed by atoms with Crippen molar-refractivity contribution in [1.82, 2.24) is 0 Å². The van der Waals surface area contributed by atoms with Gasteiger partial charge in [-0.2, -0.15) is 0 Å². The van der Waals surface area contributed by atoms with Gasteiger partial charge >= 0.3 is 0 Å². The molecule has 170 valence electrons. The van der Waals surface area contributed by atoms with Crippen LogP contribution in [0.2, 0.25) is 0 Å². The van der Waals surface area contributed by atoms with Crippen LogP contribution in [0.4, 0.5) is 0 Å². The second kappa shape index (κ2) is 8.30. The second-order valence-corrected chi connectivity index (χ2v) is 7.14. The molecule has 11 heteroatoms. The van der Waals surface area contributed by atoms with Crippen molar-refractivity contribution in [2.45, 2.75) is 30.9 Å². The Morgan fingerprint density at radius 3 is 2.28 bits per heavy atom. The molecular formula is C21H20O11. The molecular weight excluding hydrogens is 428 g/mol. The van der Waals surface area contributed by atoms with Crippen LogP contribution in [0, 0.1) is 0 Å². The zero-order valence-corrected chi connectivity index (χ0v) is 16.6. The maximum Gasteiger partial charge on any atom is 0.231 e. The standard InChI is InChI=1S/C21H20O11/c1-29-13-7-11(24)14-10(23)6-12(8-2-4-9(22)5-3-8)30-19(14)18(13)31-21-17(27)15(25)16(26)20(28)32-21/h2-7,15-17,20-22,24-28H,1H3. The van der Waals surface area contributed by atoms with Gasteiger partial charge in [0.15, 0.2) is 23.1 Å². The first-order chi connectivity index (χ1) is 15.2. The summed E-state index contributed by atoms with van der Waals surface area (Å²) in [6.07, 6.45) is -8.91. The summed E-state index contributed by atoms with van der Waals surface area (Å²) in [6.45, 7) is 0. The first-order valence-corrected chi connectivity index (χ1v) is 9.43. The molecule has 2 aromatic carbocycles. The molecule has 1 aromatic heterocycles. The van der Waals surface area contributed by atoms with Crippen LogP contribution in [0.5, 0.6) is 23.0 Å². The highest BCUT2D eigenvalue weighted by Crippen LogP contribution is 2.42. The number of rotatable bonds is 4. The number of aliphatic hydroxyl groups is 4. The predicted octanol–water partition coefficient (Wildman–Crippen LogP) is 0.0160. The van der Waals surface area contributed by atoms with E-state index in [4.69, 9.17) is 18.6 Å². The third kappa shape index (κ3) is 3.72. The lowest BCUT2D eigenvalue weighted by Crippen LogP contribution is -2.59. The number of aromatic hydroxyl groups is 2. The molecule has 32 heavy (non-hydrogen) atoms. The minimum absolute atomic E-state index is 0.00274. The van der Waals surface area contributed by atoms with Crippen molar-refractivity contribution < 1.29 is 49.3 Å². The number of benzene rings is 2. The highest BCUT2D eigenvalue weighted by atomic mass is 16.7. The summed E-state index contributed by atoms with van der Waals surface area (Å²) in [4.78, 5) is 12.8. The maximum atomic E-state index is 12.8. The summed E-state index contributed by atoms with van der Waals surface area (Å²) >= 11 is 0. The lowest BCUT2D eigenvalue weighted by Gasteiger charge is -2.38. The Kier molecular flexibility index (Phi) is 5.67. The Bertz CT molecular complexity index is 1190. The molecule has 1 fully saturated rings. The third-order valence-electron chi connectivity index (χ3n) is 5.05. The normalized spacial score (nSPS) is 25.6. The maximum absolute atomic E-state index is 12.8. The molecule has 0 aliphatic carbocycles. The molecule has 0 spiro atoms. The van der Waals surface area contributed by atoms with E-state index >= 15 is 0 Å². The average Bonchev–Trinajstić information content (AvgIpc) is 2.77. The van der Waals surface area contributed by atoms with E-state index in [1.165, 1.54) is 31.4 Å². The number of aliphatic hydroxyl groups excluding tert-OH is 4. The summed E-state index contributed by atoms with van der Waals surface area (Å²) in [5.41, 5.74) is -0.457. The highest BCUT2D eigenvalue weighted by molar-refractivity contribution is 5.91. The fraction of sp³-hybridized carbons (Fsp3) is 0.286. The number of phenolic OH excluding ortho intramolecular Hbond substituents is 2. The van der Waals surface area contributed by atoms with Crippen LogP contribution >= 0.6 is 0 Å². The Labute approximate surface area is 179 Å². The Morgan fingerprint density at radius 2 is 1.62 bits per heavy atom. The van der Waals surface area contributed by atoms with Crippen LogP contribution in [0.3, 0.4) is 0 Å². The molecule has 5 atom stereocenters. The van der Waals surface area contributed by atoms with E-state index in [0.717, 1.165) is 12.1 Å². The molecule has 1 saturated heterocycles. The molecule has 5 unspecified atom stereocenters. The monoisotopic (exact) mass is 448 g/mol. The highest BCUT2D eigenvalue weighted by Gasteiger charge is 2.45. The first kappa shape index (κ1) is 21.9. The van der Waals surface area contributed by atoms with E-state index in [9.17, 15) is 35.4 Å². The van der Waals surface area contributed by atoms with Crippen LogP contribution < -0.4 is 14.9 Å². The molecule has 1 aliphatic heterocycles. The molecule has 0 bridgehead atoms. The largest absolute Gasteiger partial charge is 0.508 e. The SMILES string of the molecule is COc1cc(O)c2c(=O)cc(-c3ccc(O)cc3)oc2c1OC1OC(O)C(O)C(O)C1O. The van der Waals surface area contributed by atoms with Crippen LogP contribution in [-0.2, 0) is 4.74 Å². The third-order valence-corrected chi connectivity index (χ3v) is 5.05. The number of phenols is 2. The minimum atomic E-state index is -1.87. The molecule has 11 nitrogen and oxygen atoms in total. The lowest BCUT2D eigenvalue weighted by molar-refractivity contribution is -0.321. The number of fused-ring (bicyclic) bond motifs is 1. The zero-order chi connectivity index (χ0) is 23.2. The number of hydrogen-bond acceptors (Lipinski definition) is 11. The molecule has 0 amide bonds. The summed E-state index contributed by atoms with van der Waals surface area (Å²) < 4.78 is 21.6. The summed E-state index contributed by atoms with van der Waals surface area (Å²) in [5, 5.41) is 59.1. The Morgan fingerprint density at radius 1 is 0.938 bits per heavy atom. The summed E-state index contributed by atoms with van der Waals surface area (Å²) in [7, 11) is 1.25. The van der Waals surface area contributed by atoms with Crippen LogP contribution in [-0.4, -0.2) is 68.6 Å². The zero-order valence-electron chi connectivity index (χ0n) is 16.6. The Balaban J connectivity index is 1.88. The molecule has 0 saturated carbocycles. The van der Waals surface area contributed by atoms with Crippen molar-refractivity contribution in [3.63, 3.8) is 0 Å². The summed E-state index contributed by atoms with van der Waals surface area (Å²) in [5.74, 6) is -0.760. The van der Waals surface area contributed by atoms with Crippen LogP contribution in [0.15, 0.2) is 45.6 Å². The predicted molar refractivity (Wildman–Crippen MR) is 107 cm³/mol. The lowest BCUT2D eigenvalue weighted by atomic mass is 10.0. The van der Waals surface area contributed by atoms with Gasteiger partial charge in [-0.05, 0) is 24.3 Å². The fourth-order valence-corrected chi connectivity index (χ4v) is 3.34. The molecule has 6 N–H and O–H groups in total. The quantitative estimate of drug-likeness (QED) is 0.317. The van der Waals surface area contributed by atoms with Gasteiger partial charge in [-0.25, -0.2) is 0 Å². The van der Waals surface area contributed by atoms with Crippen molar-refractivity contribution >= 4 is 11.0 Å². The second-order valence-electron chi connectivity index (χ2n) is 7.14. The number of methoxy groups -OCH3 is 1. The van der Waals surface area contributed by atoms with E-state index in [1.54, 1.807) is 0 Å². The van der Waals surface area contributed by atoms with Gasteiger partial charge in [0.05, 0.1) is 7.11 Å². The smallest absolute Gasteiger partial charge is 0.231 e. The van der Waals surface area contributed by atoms with E-state index in [1.807, 2.05) is 0 Å². The van der Waals surface area contributed by atoms with Gasteiger partial charge < -0.3 is 49.3 Å². The first-order valence-electron chi connectivity index (χ1n) is 9.43. The minimum Gasteiger partial charge on any atom is -0.508 e. The van der Waals surface area contributed by atoms with Crippen LogP contribution in [0.1, 0.15) is 0 Å². The van der Waals surface area contributed by atoms with Gasteiger partial charge in [0, 0.05) is 17.7 Å². The van der Waals surface area contributed by atoms with Gasteiger partial charge in [0.2, 0.25) is 12.0 Å². The van der Waals surface area contributed by atoms with Gasteiger partial charge in [-0.3, -0.25) is 4.79 Å². The number of hydrogen-bond donors (Lipinski definition) is 6. The molecule has 0 radical (unpaired) electrons. The van der Waals surface area contributed by atoms with E-state index in [0.29, 0.717) is 5.56 Å². The molecule has 3 aromatic rings. The van der Waals surface area contributed by atoms with Crippen LogP contribution in [0.25, 0.3) is 22.3 Å². The van der Waals surface area contributed by atoms with Crippen molar-refractivity contribution in [3.8, 4) is 34.3 Å². The van der Waals surface area contributed by atoms with Gasteiger partial charge in [-0.15, -0.1) is 0 Å². The van der Waals surface area contributed by atoms with Crippen molar-refractivity contribution in [1.29, 1.82) is 0 Å². The van der Waals surface area contributed by atoms with Crippen molar-refractivity contribution in [2.75, 3.05) is 7.11 Å². The van der Waals surface area contributed by atoms with Crippen molar-refractivity contribution in [3.05, 3.63) is 46.6 Å². The Hall–Kier alpha value is -3.35. The van der Waals surface area contributed by atoms with Crippen molar-refractivity contribution in [2.24, 2.45) is 0 Å². The molecule has 4 rings (SSSR count). The fourth-order valence-electron chi connectivity index (χ4n) is 3.34. The average molecular weight is 448 g/mol. The van der Waals surface area contributed by atoms with Gasteiger partial charge in [0.1, 0.15) is 41.0 Å². The number of ether oxygens (including phenoxy) is 3.